The summed E-state index contributed by atoms with van der Waals surface area (Å²) in [7, 11) is 0. The maximum Gasteiger partial charge on any atom is 0.170 e. The lowest BCUT2D eigenvalue weighted by Crippen LogP contribution is -1.88. The number of anilines is 1. The average Bonchev–Trinajstić information content (AvgIpc) is 2.14. The molecule has 0 aliphatic carbocycles. The maximum atomic E-state index is 5.37. The first-order valence-corrected chi connectivity index (χ1v) is 2.59. The molecule has 3 N–H and O–H groups in total. The minimum absolute atomic E-state index is 0.308. The number of nitrogens with one attached hydrogen (secondary N) is 1. The van der Waals surface area contributed by atoms with E-state index in [0.29, 0.717) is 17.4 Å². The summed E-state index contributed by atoms with van der Waals surface area (Å²) in [5.41, 5.74) is 5.87. The van der Waals surface area contributed by atoms with Crippen molar-refractivity contribution in [3.8, 4) is 0 Å². The van der Waals surface area contributed by atoms with Gasteiger partial charge in [0, 0.05) is 0 Å². The van der Waals surface area contributed by atoms with Crippen molar-refractivity contribution in [2.45, 2.75) is 5.88 Å². The number of hydrogen-bond donors (Lipinski definition) is 2. The Morgan fingerprint density at radius 3 is 2.62 bits per heavy atom. The topological polar surface area (TPSA) is 67.6 Å². The fourth-order valence-electron chi connectivity index (χ4n) is 0.359. The van der Waals surface area contributed by atoms with Crippen LogP contribution in [0.15, 0.2) is 0 Å². The third-order valence-electron chi connectivity index (χ3n) is 0.778. The number of rotatable bonds is 1. The van der Waals surface area contributed by atoms with Gasteiger partial charge in [0.25, 0.3) is 0 Å². The number of nitrogens with zero attached hydrogens (tertiary/aromatic N) is 2. The molecular formula is C3H5ClN4. The van der Waals surface area contributed by atoms with E-state index in [2.05, 4.69) is 15.4 Å². The van der Waals surface area contributed by atoms with Gasteiger partial charge in [-0.15, -0.1) is 16.7 Å². The van der Waals surface area contributed by atoms with Crippen molar-refractivity contribution in [2.75, 3.05) is 5.73 Å². The molecule has 5 heteroatoms. The number of halogens is 1. The van der Waals surface area contributed by atoms with E-state index in [1.165, 1.54) is 0 Å². The van der Waals surface area contributed by atoms with Crippen LogP contribution in [-0.2, 0) is 5.88 Å². The van der Waals surface area contributed by atoms with E-state index in [1.807, 2.05) is 0 Å². The van der Waals surface area contributed by atoms with Crippen LogP contribution in [0.1, 0.15) is 5.69 Å². The monoisotopic (exact) mass is 132 g/mol. The Morgan fingerprint density at radius 1 is 1.62 bits per heavy atom. The first-order chi connectivity index (χ1) is 3.84. The zero-order chi connectivity index (χ0) is 5.98. The van der Waals surface area contributed by atoms with E-state index in [9.17, 15) is 0 Å². The summed E-state index contributed by atoms with van der Waals surface area (Å²) < 4.78 is 0. The van der Waals surface area contributed by atoms with E-state index in [0.717, 1.165) is 0 Å². The first-order valence-electron chi connectivity index (χ1n) is 2.05. The van der Waals surface area contributed by atoms with E-state index >= 15 is 0 Å². The molecule has 1 aromatic heterocycles. The molecule has 0 bridgehead atoms. The van der Waals surface area contributed by atoms with Gasteiger partial charge in [0.1, 0.15) is 5.69 Å². The standard InChI is InChI=1S/C3H5ClN4/c4-1-2-3(5)7-8-6-2/h1H2,(H3,5,6,7,8). The summed E-state index contributed by atoms with van der Waals surface area (Å²) >= 11 is 5.37. The van der Waals surface area contributed by atoms with Crippen LogP contribution < -0.4 is 5.73 Å². The Balaban J connectivity index is 2.92. The van der Waals surface area contributed by atoms with Gasteiger partial charge >= 0.3 is 0 Å². The van der Waals surface area contributed by atoms with Crippen LogP contribution in [0.3, 0.4) is 0 Å². The lowest BCUT2D eigenvalue weighted by molar-refractivity contribution is 0.927. The highest BCUT2D eigenvalue weighted by Crippen LogP contribution is 2.03. The predicted octanol–water partition coefficient (Wildman–Crippen LogP) is 0.126. The largest absolute Gasteiger partial charge is 0.381 e. The van der Waals surface area contributed by atoms with E-state index in [1.54, 1.807) is 0 Å². The van der Waals surface area contributed by atoms with Gasteiger partial charge in [0.15, 0.2) is 5.82 Å². The molecule has 1 rings (SSSR count). The number of aromatic amines is 1. The normalized spacial score (nSPS) is 9.62. The molecule has 0 fully saturated rings. The van der Waals surface area contributed by atoms with E-state index in [-0.39, 0.29) is 0 Å². The summed E-state index contributed by atoms with van der Waals surface area (Å²) in [5, 5.41) is 9.53. The SMILES string of the molecule is Nc1n[nH]nc1CCl. The van der Waals surface area contributed by atoms with Crippen molar-refractivity contribution in [3.05, 3.63) is 5.69 Å². The van der Waals surface area contributed by atoms with Crippen molar-refractivity contribution in [1.82, 2.24) is 15.4 Å². The van der Waals surface area contributed by atoms with E-state index < -0.39 is 0 Å². The molecule has 1 heterocycles. The minimum atomic E-state index is 0.308. The van der Waals surface area contributed by atoms with Crippen LogP contribution in [0.4, 0.5) is 5.82 Å². The van der Waals surface area contributed by atoms with Gasteiger partial charge in [-0.05, 0) is 0 Å². The average molecular weight is 133 g/mol. The van der Waals surface area contributed by atoms with Gasteiger partial charge in [-0.1, -0.05) is 0 Å². The van der Waals surface area contributed by atoms with E-state index in [4.69, 9.17) is 17.3 Å². The number of hydrogen-bond acceptors (Lipinski definition) is 3. The molecule has 1 aromatic rings. The van der Waals surface area contributed by atoms with Crippen LogP contribution in [0.25, 0.3) is 0 Å². The van der Waals surface area contributed by atoms with Crippen molar-refractivity contribution >= 4 is 17.4 Å². The van der Waals surface area contributed by atoms with Crippen molar-refractivity contribution in [3.63, 3.8) is 0 Å². The minimum Gasteiger partial charge on any atom is -0.381 e. The predicted molar refractivity (Wildman–Crippen MR) is 30.4 cm³/mol. The van der Waals surface area contributed by atoms with Crippen LogP contribution in [0.5, 0.6) is 0 Å². The molecule has 44 valence electrons. The summed E-state index contributed by atoms with van der Waals surface area (Å²) in [5.74, 6) is 0.683. The quantitative estimate of drug-likeness (QED) is 0.534. The highest BCUT2D eigenvalue weighted by Gasteiger charge is 1.98. The fraction of sp³-hybridized carbons (Fsp3) is 0.333. The van der Waals surface area contributed by atoms with Crippen molar-refractivity contribution in [2.24, 2.45) is 0 Å². The van der Waals surface area contributed by atoms with Crippen molar-refractivity contribution < 1.29 is 0 Å². The maximum absolute atomic E-state index is 5.37. The lowest BCUT2D eigenvalue weighted by Gasteiger charge is -1.81. The molecule has 0 atom stereocenters. The van der Waals surface area contributed by atoms with Crippen LogP contribution in [-0.4, -0.2) is 15.4 Å². The Morgan fingerprint density at radius 2 is 2.38 bits per heavy atom. The molecule has 0 spiro atoms. The smallest absolute Gasteiger partial charge is 0.170 e. The summed E-state index contributed by atoms with van der Waals surface area (Å²) in [6.07, 6.45) is 0. The fourth-order valence-corrected chi connectivity index (χ4v) is 0.556. The Bertz CT molecular complexity index is 172. The first kappa shape index (κ1) is 5.37. The van der Waals surface area contributed by atoms with Gasteiger partial charge in [0.2, 0.25) is 0 Å². The molecule has 0 amide bonds. The van der Waals surface area contributed by atoms with Gasteiger partial charge in [0.05, 0.1) is 5.88 Å². The molecule has 0 unspecified atom stereocenters. The Hall–Kier alpha value is -0.770. The van der Waals surface area contributed by atoms with Crippen LogP contribution in [0.2, 0.25) is 0 Å². The number of aromatic nitrogens is 3. The van der Waals surface area contributed by atoms with Gasteiger partial charge in [-0.2, -0.15) is 10.3 Å². The zero-order valence-corrected chi connectivity index (χ0v) is 4.81. The highest BCUT2D eigenvalue weighted by atomic mass is 35.5. The van der Waals surface area contributed by atoms with Crippen LogP contribution in [0, 0.1) is 0 Å². The molecule has 0 saturated heterocycles. The van der Waals surface area contributed by atoms with Gasteiger partial charge < -0.3 is 5.73 Å². The third kappa shape index (κ3) is 0.742. The lowest BCUT2D eigenvalue weighted by atomic mass is 10.5. The molecule has 0 aliphatic heterocycles. The molecule has 8 heavy (non-hydrogen) atoms. The Kier molecular flexibility index (Phi) is 1.34. The molecular weight excluding hydrogens is 128 g/mol. The number of alkyl halides is 1. The number of H-pyrrole nitrogens is 1. The summed E-state index contributed by atoms with van der Waals surface area (Å²) in [4.78, 5) is 0. The second kappa shape index (κ2) is 2.00. The van der Waals surface area contributed by atoms with Crippen LogP contribution >= 0.6 is 11.6 Å². The summed E-state index contributed by atoms with van der Waals surface area (Å²) in [6.45, 7) is 0. The molecule has 0 saturated carbocycles. The number of nitrogens with two attached hydrogens (primary N) is 1. The molecule has 0 aliphatic rings. The van der Waals surface area contributed by atoms with Gasteiger partial charge in [-0.3, -0.25) is 0 Å². The molecule has 4 nitrogen and oxygen atoms in total. The zero-order valence-electron chi connectivity index (χ0n) is 4.06. The number of nitrogen functional groups attached to an aromatic ring is 1. The van der Waals surface area contributed by atoms with Crippen molar-refractivity contribution in [1.29, 1.82) is 0 Å². The Labute approximate surface area is 51.0 Å². The highest BCUT2D eigenvalue weighted by molar-refractivity contribution is 6.17. The molecule has 0 radical (unpaired) electrons. The third-order valence-corrected chi connectivity index (χ3v) is 1.03. The second-order valence-electron chi connectivity index (χ2n) is 1.29. The molecule has 0 aromatic carbocycles. The summed E-state index contributed by atoms with van der Waals surface area (Å²) in [6, 6.07) is 0. The van der Waals surface area contributed by atoms with Gasteiger partial charge in [-0.25, -0.2) is 0 Å². The second-order valence-corrected chi connectivity index (χ2v) is 1.56.